The van der Waals surface area contributed by atoms with Crippen molar-refractivity contribution in [3.05, 3.63) is 123 Å². The maximum absolute atomic E-state index is 15.0. The van der Waals surface area contributed by atoms with Gasteiger partial charge in [0.15, 0.2) is 5.96 Å². The van der Waals surface area contributed by atoms with E-state index in [1.54, 1.807) is 75.5 Å². The minimum Gasteiger partial charge on any atom is -0.480 e. The van der Waals surface area contributed by atoms with E-state index < -0.39 is 107 Å². The third-order valence-electron chi connectivity index (χ3n) is 13.6. The molecule has 0 saturated carbocycles. The van der Waals surface area contributed by atoms with Crippen molar-refractivity contribution in [3.8, 4) is 0 Å². The Hall–Kier alpha value is -8.02. The number of alkyl halides is 3. The number of imidazole rings is 1. The van der Waals surface area contributed by atoms with Gasteiger partial charge >= 0.3 is 17.8 Å². The number of carbonyl (C=O) groups excluding carboxylic acids is 7. The number of likely N-dealkylation sites (tertiary alicyclic amines) is 1. The number of carboxylic acid groups (broad SMARTS) is 1. The molecule has 0 spiro atoms. The lowest BCUT2D eigenvalue weighted by atomic mass is 9.97. The van der Waals surface area contributed by atoms with Crippen molar-refractivity contribution in [2.24, 2.45) is 32.6 Å². The van der Waals surface area contributed by atoms with Crippen molar-refractivity contribution in [3.63, 3.8) is 0 Å². The smallest absolute Gasteiger partial charge is 0.442 e. The van der Waals surface area contributed by atoms with E-state index >= 15 is 0 Å². The van der Waals surface area contributed by atoms with Crippen molar-refractivity contribution < 1.29 is 56.6 Å². The SMILES string of the molecule is CNCC(=O)N[C@@H](CCCN=C(N)N)C(=O)N[C@H](C(=O)N[C@@H](Cc1ccc([125I])cc1)C(=O)N[C@@H](Cc1ccc(C2(C(F)(F)F)N=N2)cc1)C(=O)N[C@@H](Cc1cnc[nH]1)C(=O)N1CCC[C@H]1C(=O)N[C@@H](Cc1ccccc1)C(=O)O)C(C)C. The van der Waals surface area contributed by atoms with Gasteiger partial charge in [0.2, 0.25) is 41.4 Å². The molecule has 13 N–H and O–H groups in total. The van der Waals surface area contributed by atoms with E-state index in [2.05, 4.69) is 85.0 Å². The van der Waals surface area contributed by atoms with E-state index in [-0.39, 0.29) is 81.7 Å². The molecule has 0 unspecified atom stereocenters. The molecule has 0 radical (unpaired) electrons. The van der Waals surface area contributed by atoms with Crippen LogP contribution in [0, 0.1) is 9.49 Å². The van der Waals surface area contributed by atoms with E-state index in [1.165, 1.54) is 29.6 Å². The largest absolute Gasteiger partial charge is 0.480 e. The number of H-pyrrole nitrogens is 1. The molecule has 3 aromatic carbocycles. The number of halogens is 4. The molecule has 1 fully saturated rings. The number of likely N-dealkylation sites (N-methyl/N-ethyl adjacent to an activating group) is 1. The standard InChI is InChI=1S/C54H67F3IN15O9/c1-30(2)44(70-45(75)37(65-43(74)28-61-3)11-7-21-63-52(59)60)49(79)67-39(24-33-15-19-35(58)20-16-33)46(76)66-38(23-32-13-17-34(18-14-32)53(71-72-53)54(55,56)57)47(77)68-40(26-36-27-62-29-64-36)50(80)73-22-8-12-42(73)48(78)69-41(51(81)82)25-31-9-5-4-6-10-31/h4-6,9-10,13-20,27,29-30,37-42,44,61H,7-8,11-12,21-26,28H2,1-3H3,(H,62,64)(H,65,74)(H,66,76)(H,67,79)(H,68,77)(H,69,78)(H,70,75)(H,81,82)(H4,59,60,63)/t37-,38-,39-,40-,41-,42-,44-/m0/s1/i58-2. The predicted octanol–water partition coefficient (Wildman–Crippen LogP) is 1.38. The summed E-state index contributed by atoms with van der Waals surface area (Å²) in [6.07, 6.45) is -2.05. The molecule has 6 rings (SSSR count). The van der Waals surface area contributed by atoms with Crippen LogP contribution in [0.15, 0.2) is 107 Å². The number of amides is 7. The fourth-order valence-corrected chi connectivity index (χ4v) is 9.60. The molecular weight excluding hydrogens is 1180 g/mol. The second-order valence-electron chi connectivity index (χ2n) is 20.2. The zero-order valence-corrected chi connectivity index (χ0v) is 47.3. The van der Waals surface area contributed by atoms with E-state index in [0.717, 1.165) is 15.7 Å². The molecule has 3 heterocycles. The van der Waals surface area contributed by atoms with Gasteiger partial charge in [0.1, 0.15) is 42.3 Å². The summed E-state index contributed by atoms with van der Waals surface area (Å²) in [5, 5.41) is 35.4. The first kappa shape index (κ1) is 63.2. The maximum Gasteiger partial charge on any atom is 0.442 e. The van der Waals surface area contributed by atoms with Gasteiger partial charge in [0.05, 0.1) is 12.9 Å². The Balaban J connectivity index is 1.30. The number of nitrogens with two attached hydrogens (primary N) is 2. The van der Waals surface area contributed by atoms with Crippen LogP contribution in [0.4, 0.5) is 13.2 Å². The second kappa shape index (κ2) is 29.1. The number of aromatic nitrogens is 2. The Morgan fingerprint density at radius 2 is 1.33 bits per heavy atom. The Morgan fingerprint density at radius 1 is 0.756 bits per heavy atom. The quantitative estimate of drug-likeness (QED) is 0.0159. The monoisotopic (exact) mass is 1250 g/mol. The number of carboxylic acids is 1. The summed E-state index contributed by atoms with van der Waals surface area (Å²) < 4.78 is 43.0. The number of rotatable bonds is 29. The summed E-state index contributed by atoms with van der Waals surface area (Å²) in [6.45, 7) is 3.36. The fraction of sp³-hybridized carbons (Fsp3) is 0.444. The molecule has 4 aromatic rings. The predicted molar refractivity (Wildman–Crippen MR) is 301 cm³/mol. The molecule has 7 amide bonds. The molecule has 1 aromatic heterocycles. The molecule has 7 atom stereocenters. The molecule has 0 aliphatic carbocycles. The number of hydrogen-bond acceptors (Lipinski definition) is 13. The van der Waals surface area contributed by atoms with Gasteiger partial charge in [-0.15, -0.1) is 10.2 Å². The molecule has 28 heteroatoms. The van der Waals surface area contributed by atoms with Crippen LogP contribution in [0.3, 0.4) is 0 Å². The number of hydrogen-bond donors (Lipinski definition) is 11. The van der Waals surface area contributed by atoms with Gasteiger partial charge in [-0.25, -0.2) is 9.78 Å². The molecule has 1 saturated heterocycles. The molecule has 82 heavy (non-hydrogen) atoms. The topological polar surface area (TPSA) is 362 Å². The molecular formula is C54H67F3IN15O9. The minimum atomic E-state index is -4.84. The van der Waals surface area contributed by atoms with Gasteiger partial charge in [-0.3, -0.25) is 38.6 Å². The number of aliphatic carboxylic acids is 1. The van der Waals surface area contributed by atoms with Crippen LogP contribution in [0.2, 0.25) is 0 Å². The van der Waals surface area contributed by atoms with E-state index in [0.29, 0.717) is 23.2 Å². The Labute approximate surface area is 484 Å². The number of benzene rings is 3. The van der Waals surface area contributed by atoms with Gasteiger partial charge in [-0.2, -0.15) is 13.2 Å². The van der Waals surface area contributed by atoms with Crippen LogP contribution < -0.4 is 48.7 Å². The average molecular weight is 1250 g/mol. The molecule has 24 nitrogen and oxygen atoms in total. The van der Waals surface area contributed by atoms with Crippen molar-refractivity contribution in [2.45, 2.75) is 119 Å². The first-order chi connectivity index (χ1) is 39.0. The molecule has 0 bridgehead atoms. The van der Waals surface area contributed by atoms with Crippen LogP contribution >= 0.6 is 22.6 Å². The Morgan fingerprint density at radius 3 is 1.88 bits per heavy atom. The summed E-state index contributed by atoms with van der Waals surface area (Å²) in [7, 11) is 1.55. The summed E-state index contributed by atoms with van der Waals surface area (Å²) in [5.74, 6) is -7.46. The first-order valence-electron chi connectivity index (χ1n) is 26.4. The third-order valence-corrected chi connectivity index (χ3v) is 14.3. The van der Waals surface area contributed by atoms with Crippen LogP contribution in [0.5, 0.6) is 0 Å². The van der Waals surface area contributed by atoms with Crippen molar-refractivity contribution in [2.75, 3.05) is 26.7 Å². The summed E-state index contributed by atoms with van der Waals surface area (Å²) >= 11 is 2.09. The van der Waals surface area contributed by atoms with Gasteiger partial charge < -0.3 is 63.7 Å². The van der Waals surface area contributed by atoms with E-state index in [9.17, 15) is 56.6 Å². The summed E-state index contributed by atoms with van der Waals surface area (Å²) in [4.78, 5) is 124. The van der Waals surface area contributed by atoms with E-state index in [1.807, 2.05) is 0 Å². The summed E-state index contributed by atoms with van der Waals surface area (Å²) in [6, 6.07) is 11.0. The van der Waals surface area contributed by atoms with Gasteiger partial charge in [-0.05, 0) is 90.1 Å². The van der Waals surface area contributed by atoms with Gasteiger partial charge in [0.25, 0.3) is 0 Å². The minimum absolute atomic E-state index is 0.0443. The van der Waals surface area contributed by atoms with Crippen LogP contribution in [0.25, 0.3) is 0 Å². The second-order valence-corrected chi connectivity index (χ2v) is 21.4. The van der Waals surface area contributed by atoms with Crippen LogP contribution in [0.1, 0.15) is 67.5 Å². The van der Waals surface area contributed by atoms with E-state index in [4.69, 9.17) is 11.5 Å². The van der Waals surface area contributed by atoms with Gasteiger partial charge in [-0.1, -0.05) is 80.6 Å². The van der Waals surface area contributed by atoms with Crippen molar-refractivity contribution in [1.29, 1.82) is 0 Å². The number of aliphatic imine (C=N–C) groups is 1. The Bertz CT molecular complexity index is 2920. The normalized spacial score (nSPS) is 16.5. The lowest BCUT2D eigenvalue weighted by molar-refractivity contribution is -0.166. The highest BCUT2D eigenvalue weighted by Gasteiger charge is 2.65. The molecule has 2 aliphatic heterocycles. The molecule has 440 valence electrons. The lowest BCUT2D eigenvalue weighted by Crippen LogP contribution is -2.61. The highest BCUT2D eigenvalue weighted by atomic mass is 125. The number of nitrogens with one attached hydrogen (secondary N) is 8. The highest BCUT2D eigenvalue weighted by molar-refractivity contribution is 14.1. The Kier molecular flexibility index (Phi) is 22.4. The molecule has 2 aliphatic rings. The number of nitrogens with zero attached hydrogens (tertiary/aromatic N) is 5. The fourth-order valence-electron chi connectivity index (χ4n) is 9.24. The third kappa shape index (κ3) is 17.7. The highest BCUT2D eigenvalue weighted by Crippen LogP contribution is 2.52. The lowest BCUT2D eigenvalue weighted by Gasteiger charge is -2.31. The van der Waals surface area contributed by atoms with Crippen molar-refractivity contribution in [1.82, 2.24) is 52.1 Å². The summed E-state index contributed by atoms with van der Waals surface area (Å²) in [5.41, 5.74) is 9.70. The zero-order valence-electron chi connectivity index (χ0n) is 45.2. The number of carbonyl (C=O) groups is 8. The van der Waals surface area contributed by atoms with Crippen LogP contribution in [-0.2, 0) is 69.7 Å². The number of guanidine groups is 1. The zero-order chi connectivity index (χ0) is 59.7. The first-order valence-corrected chi connectivity index (χ1v) is 27.5. The number of aromatic amines is 1. The average Bonchev–Trinajstić information content (AvgIpc) is 3.85. The van der Waals surface area contributed by atoms with Crippen LogP contribution in [-0.4, -0.2) is 148 Å². The van der Waals surface area contributed by atoms with Crippen molar-refractivity contribution >= 4 is 75.9 Å². The maximum atomic E-state index is 15.0. The van der Waals surface area contributed by atoms with Gasteiger partial charge in [0, 0.05) is 59.8 Å².